The first-order chi connectivity index (χ1) is 11.8. The Morgan fingerprint density at radius 1 is 1.29 bits per heavy atom. The van der Waals surface area contributed by atoms with E-state index >= 15 is 0 Å². The van der Waals surface area contributed by atoms with E-state index in [2.05, 4.69) is 20.5 Å². The number of thioether (sulfide) groups is 1. The Morgan fingerprint density at radius 2 is 2.12 bits per heavy atom. The molecular formula is C16H16N4O2S2. The molecule has 3 aromatic rings. The zero-order valence-electron chi connectivity index (χ0n) is 13.1. The summed E-state index contributed by atoms with van der Waals surface area (Å²) < 4.78 is 11.7. The van der Waals surface area contributed by atoms with Gasteiger partial charge in [0.15, 0.2) is 4.34 Å². The van der Waals surface area contributed by atoms with E-state index in [1.807, 2.05) is 24.3 Å². The van der Waals surface area contributed by atoms with Crippen molar-refractivity contribution in [3.05, 3.63) is 36.2 Å². The third-order valence-corrected chi connectivity index (χ3v) is 5.57. The highest BCUT2D eigenvalue weighted by Gasteiger charge is 2.22. The van der Waals surface area contributed by atoms with E-state index in [4.69, 9.17) is 9.15 Å². The lowest BCUT2D eigenvalue weighted by molar-refractivity contribution is 0.415. The molecule has 0 spiro atoms. The molecule has 0 bridgehead atoms. The second kappa shape index (κ2) is 6.82. The fourth-order valence-electron chi connectivity index (χ4n) is 2.10. The van der Waals surface area contributed by atoms with Gasteiger partial charge in [-0.2, -0.15) is 0 Å². The van der Waals surface area contributed by atoms with Gasteiger partial charge in [0.25, 0.3) is 0 Å². The zero-order chi connectivity index (χ0) is 16.4. The molecule has 1 fully saturated rings. The highest BCUT2D eigenvalue weighted by atomic mass is 32.2. The number of nitrogens with one attached hydrogen (secondary N) is 1. The molecule has 0 aliphatic heterocycles. The maximum atomic E-state index is 5.57. The lowest BCUT2D eigenvalue weighted by Gasteiger charge is -1.99. The molecule has 8 heteroatoms. The fourth-order valence-corrected chi connectivity index (χ4v) is 3.81. The summed E-state index contributed by atoms with van der Waals surface area (Å²) in [4.78, 5) is 4.53. The van der Waals surface area contributed by atoms with Crippen LogP contribution in [0.1, 0.15) is 18.5 Å². The smallest absolute Gasteiger partial charge is 0.226 e. The van der Waals surface area contributed by atoms with Gasteiger partial charge < -0.3 is 14.5 Å². The van der Waals surface area contributed by atoms with E-state index in [-0.39, 0.29) is 0 Å². The molecule has 2 aromatic heterocycles. The number of nitrogens with zero attached hydrogens (tertiary/aromatic N) is 3. The Hall–Kier alpha value is -2.06. The van der Waals surface area contributed by atoms with Crippen molar-refractivity contribution in [1.82, 2.24) is 15.2 Å². The Balaban J connectivity index is 1.36. The van der Waals surface area contributed by atoms with E-state index in [0.717, 1.165) is 26.5 Å². The molecule has 0 radical (unpaired) electrons. The van der Waals surface area contributed by atoms with Crippen molar-refractivity contribution in [2.24, 2.45) is 0 Å². The van der Waals surface area contributed by atoms with Gasteiger partial charge in [-0.3, -0.25) is 0 Å². The lowest BCUT2D eigenvalue weighted by Crippen LogP contribution is -1.99. The Morgan fingerprint density at radius 3 is 2.88 bits per heavy atom. The molecule has 0 amide bonds. The SMILES string of the molecule is COc1ccc(-c2nc(CSc3nnc(NC4CC4)s3)co2)cc1. The summed E-state index contributed by atoms with van der Waals surface area (Å²) in [7, 11) is 1.65. The number of ether oxygens (including phenoxy) is 1. The number of rotatable bonds is 7. The molecule has 1 aliphatic carbocycles. The Bertz CT molecular complexity index is 812. The summed E-state index contributed by atoms with van der Waals surface area (Å²) in [6.45, 7) is 0. The average Bonchev–Trinajstić information content (AvgIpc) is 3.11. The van der Waals surface area contributed by atoms with Crippen molar-refractivity contribution in [3.63, 3.8) is 0 Å². The molecule has 4 rings (SSSR count). The average molecular weight is 360 g/mol. The summed E-state index contributed by atoms with van der Waals surface area (Å²) in [5.41, 5.74) is 1.82. The number of hydrogen-bond donors (Lipinski definition) is 1. The third kappa shape index (κ3) is 3.70. The van der Waals surface area contributed by atoms with Crippen LogP contribution in [0.4, 0.5) is 5.13 Å². The molecule has 1 N–H and O–H groups in total. The van der Waals surface area contributed by atoms with Crippen LogP contribution in [0.15, 0.2) is 39.3 Å². The maximum Gasteiger partial charge on any atom is 0.226 e. The first-order valence-electron chi connectivity index (χ1n) is 7.62. The van der Waals surface area contributed by atoms with Crippen LogP contribution in [0.5, 0.6) is 5.75 Å². The number of hydrogen-bond acceptors (Lipinski definition) is 8. The Kier molecular flexibility index (Phi) is 4.40. The summed E-state index contributed by atoms with van der Waals surface area (Å²) in [5, 5.41) is 12.6. The van der Waals surface area contributed by atoms with Crippen LogP contribution in [0.2, 0.25) is 0 Å². The monoisotopic (exact) mass is 360 g/mol. The van der Waals surface area contributed by atoms with E-state index in [1.165, 1.54) is 12.8 Å². The summed E-state index contributed by atoms with van der Waals surface area (Å²) in [6.07, 6.45) is 4.15. The van der Waals surface area contributed by atoms with E-state index in [1.54, 1.807) is 36.5 Å². The van der Waals surface area contributed by atoms with Gasteiger partial charge >= 0.3 is 0 Å². The second-order valence-corrected chi connectivity index (χ2v) is 7.65. The van der Waals surface area contributed by atoms with Crippen molar-refractivity contribution in [3.8, 4) is 17.2 Å². The normalized spacial score (nSPS) is 13.9. The molecule has 0 unspecified atom stereocenters. The summed E-state index contributed by atoms with van der Waals surface area (Å²) >= 11 is 3.20. The van der Waals surface area contributed by atoms with Crippen LogP contribution >= 0.6 is 23.1 Å². The molecule has 2 heterocycles. The first kappa shape index (κ1) is 15.5. The minimum absolute atomic E-state index is 0.596. The number of methoxy groups -OCH3 is 1. The molecule has 0 atom stereocenters. The summed E-state index contributed by atoms with van der Waals surface area (Å²) in [5.74, 6) is 2.13. The third-order valence-electron chi connectivity index (χ3n) is 3.54. The van der Waals surface area contributed by atoms with Crippen LogP contribution in [-0.2, 0) is 5.75 Å². The second-order valence-electron chi connectivity index (χ2n) is 5.45. The molecular weight excluding hydrogens is 344 g/mol. The predicted molar refractivity (Wildman–Crippen MR) is 94.6 cm³/mol. The quantitative estimate of drug-likeness (QED) is 0.637. The number of benzene rings is 1. The van der Waals surface area contributed by atoms with Crippen LogP contribution in [0.25, 0.3) is 11.5 Å². The van der Waals surface area contributed by atoms with Gasteiger partial charge in [-0.15, -0.1) is 10.2 Å². The standard InChI is InChI=1S/C16H16N4O2S2/c1-21-13-6-2-10(3-7-13)14-17-12(8-22-14)9-23-16-20-19-15(24-16)18-11-4-5-11/h2-3,6-8,11H,4-5,9H2,1H3,(H,18,19). The number of oxazole rings is 1. The van der Waals surface area contributed by atoms with Gasteiger partial charge in [-0.05, 0) is 37.1 Å². The first-order valence-corrected chi connectivity index (χ1v) is 9.42. The van der Waals surface area contributed by atoms with Crippen molar-refractivity contribution >= 4 is 28.2 Å². The minimum Gasteiger partial charge on any atom is -0.497 e. The van der Waals surface area contributed by atoms with Gasteiger partial charge in [-0.25, -0.2) is 4.98 Å². The van der Waals surface area contributed by atoms with E-state index in [9.17, 15) is 0 Å². The lowest BCUT2D eigenvalue weighted by atomic mass is 10.2. The maximum absolute atomic E-state index is 5.57. The molecule has 1 aromatic carbocycles. The zero-order valence-corrected chi connectivity index (χ0v) is 14.7. The van der Waals surface area contributed by atoms with Crippen LogP contribution in [0, 0.1) is 0 Å². The van der Waals surface area contributed by atoms with Crippen molar-refractivity contribution < 1.29 is 9.15 Å². The van der Waals surface area contributed by atoms with Crippen molar-refractivity contribution in [2.75, 3.05) is 12.4 Å². The molecule has 6 nitrogen and oxygen atoms in total. The van der Waals surface area contributed by atoms with Gasteiger partial charge in [0.2, 0.25) is 11.0 Å². The van der Waals surface area contributed by atoms with Crippen molar-refractivity contribution in [2.45, 2.75) is 29.0 Å². The van der Waals surface area contributed by atoms with Gasteiger partial charge in [-0.1, -0.05) is 23.1 Å². The molecule has 1 aliphatic rings. The van der Waals surface area contributed by atoms with Crippen LogP contribution in [-0.4, -0.2) is 28.3 Å². The predicted octanol–water partition coefficient (Wildman–Crippen LogP) is 4.07. The number of anilines is 1. The highest BCUT2D eigenvalue weighted by molar-refractivity contribution is 8.00. The topological polar surface area (TPSA) is 73.1 Å². The molecule has 0 saturated heterocycles. The number of aromatic nitrogens is 3. The Labute approximate surface area is 147 Å². The fraction of sp³-hybridized carbons (Fsp3) is 0.312. The van der Waals surface area contributed by atoms with E-state index in [0.29, 0.717) is 17.7 Å². The minimum atomic E-state index is 0.596. The van der Waals surface area contributed by atoms with Crippen molar-refractivity contribution in [1.29, 1.82) is 0 Å². The summed E-state index contributed by atoms with van der Waals surface area (Å²) in [6, 6.07) is 8.25. The largest absolute Gasteiger partial charge is 0.497 e. The molecule has 1 saturated carbocycles. The van der Waals surface area contributed by atoms with Crippen LogP contribution in [0.3, 0.4) is 0 Å². The van der Waals surface area contributed by atoms with Crippen LogP contribution < -0.4 is 10.1 Å². The van der Waals surface area contributed by atoms with Gasteiger partial charge in [0.1, 0.15) is 12.0 Å². The van der Waals surface area contributed by atoms with Gasteiger partial charge in [0, 0.05) is 17.4 Å². The van der Waals surface area contributed by atoms with E-state index < -0.39 is 0 Å². The molecule has 24 heavy (non-hydrogen) atoms. The highest BCUT2D eigenvalue weighted by Crippen LogP contribution is 2.32. The molecule has 124 valence electrons. The van der Waals surface area contributed by atoms with Gasteiger partial charge in [0.05, 0.1) is 12.8 Å².